The van der Waals surface area contributed by atoms with E-state index in [1.54, 1.807) is 0 Å². The number of aliphatic hydroxyl groups is 6. The lowest BCUT2D eigenvalue weighted by atomic mass is 9.76. The molecule has 10 atom stereocenters. The van der Waals surface area contributed by atoms with E-state index in [0.29, 0.717) is 12.8 Å². The van der Waals surface area contributed by atoms with Crippen LogP contribution < -0.4 is 0 Å². The Bertz CT molecular complexity index is 571. The van der Waals surface area contributed by atoms with Crippen molar-refractivity contribution in [3.8, 4) is 0 Å². The molecular weight excluding hydrogens is 436 g/mol. The van der Waals surface area contributed by atoms with Gasteiger partial charge in [-0.3, -0.25) is 0 Å². The molecule has 0 bridgehead atoms. The van der Waals surface area contributed by atoms with Crippen LogP contribution >= 0.6 is 0 Å². The van der Waals surface area contributed by atoms with Gasteiger partial charge >= 0.3 is 0 Å². The fraction of sp³-hybridized carbons (Fsp3) is 1.00. The van der Waals surface area contributed by atoms with Gasteiger partial charge in [0, 0.05) is 0 Å². The normalized spacial score (nSPS) is 40.4. The van der Waals surface area contributed by atoms with Gasteiger partial charge in [-0.1, -0.05) is 41.0 Å². The second-order valence-electron chi connectivity index (χ2n) is 9.84. The first-order valence-corrected chi connectivity index (χ1v) is 12.1. The number of ether oxygens (including phenoxy) is 4. The molecule has 2 fully saturated rings. The summed E-state index contributed by atoms with van der Waals surface area (Å²) in [6, 6.07) is 0. The predicted molar refractivity (Wildman–Crippen MR) is 118 cm³/mol. The second-order valence-corrected chi connectivity index (χ2v) is 9.84. The Morgan fingerprint density at radius 1 is 0.788 bits per heavy atom. The van der Waals surface area contributed by atoms with Gasteiger partial charge in [-0.25, -0.2) is 0 Å². The molecular formula is C23H44O10. The summed E-state index contributed by atoms with van der Waals surface area (Å²) in [5.41, 5.74) is -0.486. The zero-order valence-electron chi connectivity index (χ0n) is 20.4. The maximum absolute atomic E-state index is 11.1. The van der Waals surface area contributed by atoms with Gasteiger partial charge in [-0.15, -0.1) is 0 Å². The smallest absolute Gasteiger partial charge is 0.187 e. The fourth-order valence-electron chi connectivity index (χ4n) is 4.86. The van der Waals surface area contributed by atoms with Crippen LogP contribution in [0.3, 0.4) is 0 Å². The molecule has 6 N–H and O–H groups in total. The lowest BCUT2D eigenvalue weighted by Gasteiger charge is -2.50. The van der Waals surface area contributed by atoms with E-state index in [9.17, 15) is 30.6 Å². The summed E-state index contributed by atoms with van der Waals surface area (Å²) in [5.74, 6) is 0. The summed E-state index contributed by atoms with van der Waals surface area (Å²) >= 11 is 0. The van der Waals surface area contributed by atoms with Crippen LogP contribution in [-0.4, -0.2) is 111 Å². The fourth-order valence-corrected chi connectivity index (χ4v) is 4.86. The average molecular weight is 481 g/mol. The van der Waals surface area contributed by atoms with E-state index < -0.39 is 79.9 Å². The third-order valence-corrected chi connectivity index (χ3v) is 6.90. The van der Waals surface area contributed by atoms with Crippen molar-refractivity contribution in [1.29, 1.82) is 0 Å². The monoisotopic (exact) mass is 480 g/mol. The van der Waals surface area contributed by atoms with Crippen molar-refractivity contribution in [2.45, 2.75) is 128 Å². The van der Waals surface area contributed by atoms with Crippen LogP contribution in [0.2, 0.25) is 0 Å². The molecule has 10 nitrogen and oxygen atoms in total. The Hall–Kier alpha value is -0.400. The van der Waals surface area contributed by atoms with Crippen molar-refractivity contribution < 1.29 is 49.6 Å². The largest absolute Gasteiger partial charge is 0.394 e. The van der Waals surface area contributed by atoms with Crippen LogP contribution in [0.1, 0.15) is 60.3 Å². The van der Waals surface area contributed by atoms with Gasteiger partial charge in [-0.2, -0.15) is 0 Å². The molecule has 196 valence electrons. The van der Waals surface area contributed by atoms with E-state index in [2.05, 4.69) is 0 Å². The summed E-state index contributed by atoms with van der Waals surface area (Å²) in [6.45, 7) is 8.68. The van der Waals surface area contributed by atoms with E-state index in [0.717, 1.165) is 12.8 Å². The molecule has 2 saturated heterocycles. The topological polar surface area (TPSA) is 158 Å². The van der Waals surface area contributed by atoms with Crippen LogP contribution in [0.4, 0.5) is 0 Å². The Kier molecular flexibility index (Phi) is 10.9. The highest BCUT2D eigenvalue weighted by Gasteiger charge is 2.53. The second kappa shape index (κ2) is 12.5. The maximum Gasteiger partial charge on any atom is 0.187 e. The van der Waals surface area contributed by atoms with Crippen LogP contribution in [0, 0.1) is 5.41 Å². The molecule has 5 unspecified atom stereocenters. The molecule has 0 radical (unpaired) electrons. The molecule has 0 aromatic heterocycles. The Labute approximate surface area is 196 Å². The third kappa shape index (κ3) is 6.43. The van der Waals surface area contributed by atoms with Gasteiger partial charge in [0.25, 0.3) is 0 Å². The summed E-state index contributed by atoms with van der Waals surface area (Å²) in [4.78, 5) is 0. The van der Waals surface area contributed by atoms with Crippen molar-refractivity contribution in [2.75, 3.05) is 13.2 Å². The molecule has 0 amide bonds. The molecule has 2 aliphatic heterocycles. The quantitative estimate of drug-likeness (QED) is 0.232. The maximum atomic E-state index is 11.1. The molecule has 0 aromatic rings. The van der Waals surface area contributed by atoms with E-state index in [4.69, 9.17) is 18.9 Å². The standard InChI is InChI=1S/C23H44O10/c1-6-9-23(4,5)21-17(28)19(15(26)13(10-24)31-21)33-22-18(29)20(30-12(7-2)8-3)16(27)14(11-25)32-22/h12-22,24-29H,6-11H2,1-5H3/t13?,14?,15?,16?,17-,18-,19+,20+,21?,22+/m0/s1. The molecule has 2 heterocycles. The summed E-state index contributed by atoms with van der Waals surface area (Å²) in [6.07, 6.45) is -9.35. The highest BCUT2D eigenvalue weighted by atomic mass is 16.7. The van der Waals surface area contributed by atoms with Gasteiger partial charge in [0.05, 0.1) is 25.4 Å². The van der Waals surface area contributed by atoms with Gasteiger partial charge in [0.2, 0.25) is 0 Å². The minimum absolute atomic E-state index is 0.227. The van der Waals surface area contributed by atoms with Crippen molar-refractivity contribution in [2.24, 2.45) is 5.41 Å². The highest BCUT2D eigenvalue weighted by molar-refractivity contribution is 5.00. The summed E-state index contributed by atoms with van der Waals surface area (Å²) < 4.78 is 23.3. The number of aliphatic hydroxyl groups excluding tert-OH is 6. The first-order valence-electron chi connectivity index (χ1n) is 12.1. The van der Waals surface area contributed by atoms with E-state index in [-0.39, 0.29) is 6.10 Å². The minimum Gasteiger partial charge on any atom is -0.394 e. The molecule has 0 saturated carbocycles. The Balaban J connectivity index is 2.28. The zero-order chi connectivity index (χ0) is 24.9. The Morgan fingerprint density at radius 2 is 1.33 bits per heavy atom. The molecule has 33 heavy (non-hydrogen) atoms. The van der Waals surface area contributed by atoms with Gasteiger partial charge < -0.3 is 49.6 Å². The molecule has 2 aliphatic rings. The average Bonchev–Trinajstić information content (AvgIpc) is 2.78. The van der Waals surface area contributed by atoms with E-state index in [1.807, 2.05) is 34.6 Å². The van der Waals surface area contributed by atoms with Gasteiger partial charge in [0.15, 0.2) is 6.29 Å². The van der Waals surface area contributed by atoms with Crippen molar-refractivity contribution in [3.05, 3.63) is 0 Å². The number of rotatable bonds is 11. The van der Waals surface area contributed by atoms with Crippen LogP contribution in [0.15, 0.2) is 0 Å². The molecule has 10 heteroatoms. The molecule has 0 aromatic carbocycles. The first kappa shape index (κ1) is 28.8. The van der Waals surface area contributed by atoms with Crippen molar-refractivity contribution in [3.63, 3.8) is 0 Å². The van der Waals surface area contributed by atoms with Crippen LogP contribution in [0.25, 0.3) is 0 Å². The minimum atomic E-state index is -1.44. The van der Waals surface area contributed by atoms with Crippen molar-refractivity contribution in [1.82, 2.24) is 0 Å². The van der Waals surface area contributed by atoms with Crippen molar-refractivity contribution >= 4 is 0 Å². The van der Waals surface area contributed by atoms with Gasteiger partial charge in [-0.05, 0) is 24.7 Å². The molecule has 0 aliphatic carbocycles. The lowest BCUT2D eigenvalue weighted by Crippen LogP contribution is -2.66. The summed E-state index contributed by atoms with van der Waals surface area (Å²) in [7, 11) is 0. The lowest BCUT2D eigenvalue weighted by molar-refractivity contribution is -0.352. The first-order chi connectivity index (χ1) is 15.6. The third-order valence-electron chi connectivity index (χ3n) is 6.90. The summed E-state index contributed by atoms with van der Waals surface area (Å²) in [5, 5.41) is 62.8. The van der Waals surface area contributed by atoms with Crippen LogP contribution in [0.5, 0.6) is 0 Å². The van der Waals surface area contributed by atoms with E-state index in [1.165, 1.54) is 0 Å². The zero-order valence-corrected chi connectivity index (χ0v) is 20.4. The number of hydrogen-bond acceptors (Lipinski definition) is 10. The molecule has 2 rings (SSSR count). The van der Waals surface area contributed by atoms with Gasteiger partial charge in [0.1, 0.15) is 48.8 Å². The molecule has 0 spiro atoms. The van der Waals surface area contributed by atoms with Crippen LogP contribution in [-0.2, 0) is 18.9 Å². The Morgan fingerprint density at radius 3 is 1.85 bits per heavy atom. The van der Waals surface area contributed by atoms with E-state index >= 15 is 0 Å². The predicted octanol–water partition coefficient (Wildman–Crippen LogP) is -0.308. The number of hydrogen-bond donors (Lipinski definition) is 6. The SMILES string of the molecule is CCCC(C)(C)C1OC(CO)C(O)[C@@H](O[C@H]2OC(CO)C(O)[C@@H](OC(CC)CC)[C@@H]2O)[C@@H]1O. The highest BCUT2D eigenvalue weighted by Crippen LogP contribution is 2.39.